The van der Waals surface area contributed by atoms with Crippen molar-refractivity contribution in [3.05, 3.63) is 36.0 Å². The van der Waals surface area contributed by atoms with Gasteiger partial charge in [-0.2, -0.15) is 0 Å². The summed E-state index contributed by atoms with van der Waals surface area (Å²) in [6, 6.07) is 6.68. The van der Waals surface area contributed by atoms with E-state index in [2.05, 4.69) is 4.98 Å². The van der Waals surface area contributed by atoms with Gasteiger partial charge in [0.1, 0.15) is 18.1 Å². The van der Waals surface area contributed by atoms with Gasteiger partial charge in [0, 0.05) is 12.3 Å². The highest BCUT2D eigenvalue weighted by molar-refractivity contribution is 7.90. The van der Waals surface area contributed by atoms with E-state index < -0.39 is 9.84 Å². The van der Waals surface area contributed by atoms with E-state index in [1.54, 1.807) is 31.2 Å². The lowest BCUT2D eigenvalue weighted by Crippen LogP contribution is -2.28. The van der Waals surface area contributed by atoms with Crippen LogP contribution in [0.1, 0.15) is 5.56 Å². The standard InChI is InChI=1S/C15H16N2O4S/c1-10-7-11(9-16-15(10)22(2,19)20)17-5-6-21-14-4-3-12(18)8-13(14)17/h3-4,7-9,18H,5-6H2,1-2H3. The maximum atomic E-state index is 11.7. The Morgan fingerprint density at radius 3 is 2.77 bits per heavy atom. The molecule has 1 aliphatic heterocycles. The Bertz CT molecular complexity index is 833. The number of aromatic hydroxyl groups is 1. The molecule has 0 amide bonds. The van der Waals surface area contributed by atoms with Crippen LogP contribution in [0.25, 0.3) is 0 Å². The number of hydrogen-bond acceptors (Lipinski definition) is 6. The molecule has 116 valence electrons. The van der Waals surface area contributed by atoms with Gasteiger partial charge in [-0.3, -0.25) is 0 Å². The van der Waals surface area contributed by atoms with Crippen molar-refractivity contribution in [2.45, 2.75) is 11.9 Å². The quantitative estimate of drug-likeness (QED) is 0.912. The predicted octanol–water partition coefficient (Wildman–Crippen LogP) is 2.03. The van der Waals surface area contributed by atoms with Gasteiger partial charge in [-0.25, -0.2) is 13.4 Å². The number of phenolic OH excluding ortho intramolecular Hbond substituents is 1. The number of phenols is 1. The Balaban J connectivity index is 2.07. The van der Waals surface area contributed by atoms with E-state index in [1.165, 1.54) is 6.20 Å². The van der Waals surface area contributed by atoms with Crippen molar-refractivity contribution in [3.8, 4) is 11.5 Å². The van der Waals surface area contributed by atoms with Gasteiger partial charge in [-0.1, -0.05) is 0 Å². The van der Waals surface area contributed by atoms with Gasteiger partial charge in [0.25, 0.3) is 0 Å². The molecular formula is C15H16N2O4S. The number of aromatic nitrogens is 1. The SMILES string of the molecule is Cc1cc(N2CCOc3ccc(O)cc32)cnc1S(C)(=O)=O. The van der Waals surface area contributed by atoms with Crippen LogP contribution in [0.3, 0.4) is 0 Å². The van der Waals surface area contributed by atoms with Gasteiger partial charge < -0.3 is 14.7 Å². The van der Waals surface area contributed by atoms with Crippen molar-refractivity contribution in [2.24, 2.45) is 0 Å². The van der Waals surface area contributed by atoms with Crippen LogP contribution in [-0.2, 0) is 9.84 Å². The fourth-order valence-electron chi connectivity index (χ4n) is 2.56. The van der Waals surface area contributed by atoms with Gasteiger partial charge in [0.2, 0.25) is 0 Å². The summed E-state index contributed by atoms with van der Waals surface area (Å²) in [6.07, 6.45) is 2.67. The second kappa shape index (κ2) is 5.17. The van der Waals surface area contributed by atoms with Crippen molar-refractivity contribution < 1.29 is 18.3 Å². The lowest BCUT2D eigenvalue weighted by molar-refractivity contribution is 0.313. The molecule has 0 atom stereocenters. The van der Waals surface area contributed by atoms with Crippen LogP contribution in [0.4, 0.5) is 11.4 Å². The minimum Gasteiger partial charge on any atom is -0.508 e. The lowest BCUT2D eigenvalue weighted by atomic mass is 10.2. The smallest absolute Gasteiger partial charge is 0.193 e. The largest absolute Gasteiger partial charge is 0.508 e. The molecule has 2 aromatic rings. The minimum absolute atomic E-state index is 0.0839. The first kappa shape index (κ1) is 14.6. The van der Waals surface area contributed by atoms with E-state index >= 15 is 0 Å². The zero-order valence-electron chi connectivity index (χ0n) is 12.3. The number of hydrogen-bond donors (Lipinski definition) is 1. The molecule has 0 radical (unpaired) electrons. The Labute approximate surface area is 128 Å². The number of aryl methyl sites for hydroxylation is 1. The molecule has 1 N–H and O–H groups in total. The van der Waals surface area contributed by atoms with Crippen LogP contribution in [-0.4, -0.2) is 37.9 Å². The van der Waals surface area contributed by atoms with Crippen molar-refractivity contribution in [3.63, 3.8) is 0 Å². The molecule has 1 aliphatic rings. The highest BCUT2D eigenvalue weighted by atomic mass is 32.2. The third-order valence-electron chi connectivity index (χ3n) is 3.48. The lowest BCUT2D eigenvalue weighted by Gasteiger charge is -2.31. The second-order valence-corrected chi connectivity index (χ2v) is 7.17. The molecule has 0 bridgehead atoms. The number of fused-ring (bicyclic) bond motifs is 1. The highest BCUT2D eigenvalue weighted by Crippen LogP contribution is 2.39. The summed E-state index contributed by atoms with van der Waals surface area (Å²) in [7, 11) is -3.34. The number of pyridine rings is 1. The third-order valence-corrected chi connectivity index (χ3v) is 4.61. The number of nitrogens with zero attached hydrogens (tertiary/aromatic N) is 2. The van der Waals surface area contributed by atoms with E-state index in [4.69, 9.17) is 4.74 Å². The summed E-state index contributed by atoms with van der Waals surface area (Å²) in [6.45, 7) is 2.82. The fraction of sp³-hybridized carbons (Fsp3) is 0.267. The molecule has 1 aromatic heterocycles. The van der Waals surface area contributed by atoms with E-state index in [0.717, 1.165) is 17.6 Å². The first-order valence-corrected chi connectivity index (χ1v) is 8.65. The Kier molecular flexibility index (Phi) is 3.44. The summed E-state index contributed by atoms with van der Waals surface area (Å²) in [4.78, 5) is 6.04. The van der Waals surface area contributed by atoms with Crippen LogP contribution < -0.4 is 9.64 Å². The molecule has 22 heavy (non-hydrogen) atoms. The normalized spacial score (nSPS) is 14.4. The Morgan fingerprint density at radius 1 is 1.32 bits per heavy atom. The van der Waals surface area contributed by atoms with E-state index in [0.29, 0.717) is 24.5 Å². The molecular weight excluding hydrogens is 304 g/mol. The Hall–Kier alpha value is -2.28. The van der Waals surface area contributed by atoms with Crippen LogP contribution in [0.15, 0.2) is 35.5 Å². The monoisotopic (exact) mass is 320 g/mol. The first-order chi connectivity index (χ1) is 10.4. The predicted molar refractivity (Wildman–Crippen MR) is 82.7 cm³/mol. The summed E-state index contributed by atoms with van der Waals surface area (Å²) >= 11 is 0. The zero-order chi connectivity index (χ0) is 15.9. The maximum absolute atomic E-state index is 11.7. The zero-order valence-corrected chi connectivity index (χ0v) is 13.1. The molecule has 0 saturated heterocycles. The summed E-state index contributed by atoms with van der Waals surface area (Å²) in [5, 5.41) is 9.77. The second-order valence-electron chi connectivity index (χ2n) is 5.24. The number of sulfone groups is 1. The molecule has 3 rings (SSSR count). The molecule has 0 fully saturated rings. The minimum atomic E-state index is -3.34. The van der Waals surface area contributed by atoms with E-state index in [-0.39, 0.29) is 10.8 Å². The van der Waals surface area contributed by atoms with Gasteiger partial charge in [0.15, 0.2) is 14.9 Å². The average molecular weight is 320 g/mol. The topological polar surface area (TPSA) is 79.7 Å². The maximum Gasteiger partial charge on any atom is 0.193 e. The molecule has 7 heteroatoms. The molecule has 1 aromatic carbocycles. The number of benzene rings is 1. The van der Waals surface area contributed by atoms with Gasteiger partial charge in [-0.05, 0) is 30.7 Å². The van der Waals surface area contributed by atoms with Gasteiger partial charge in [0.05, 0.1) is 24.1 Å². The van der Waals surface area contributed by atoms with Crippen molar-refractivity contribution in [1.82, 2.24) is 4.98 Å². The molecule has 2 heterocycles. The van der Waals surface area contributed by atoms with Crippen LogP contribution in [0, 0.1) is 6.92 Å². The molecule has 0 saturated carbocycles. The molecule has 6 nitrogen and oxygen atoms in total. The highest BCUT2D eigenvalue weighted by Gasteiger charge is 2.22. The summed E-state index contributed by atoms with van der Waals surface area (Å²) in [5.41, 5.74) is 2.09. The van der Waals surface area contributed by atoms with Crippen LogP contribution in [0.2, 0.25) is 0 Å². The number of ether oxygens (including phenoxy) is 1. The van der Waals surface area contributed by atoms with E-state index in [1.807, 2.05) is 4.90 Å². The van der Waals surface area contributed by atoms with Crippen molar-refractivity contribution >= 4 is 21.2 Å². The van der Waals surface area contributed by atoms with Crippen LogP contribution in [0.5, 0.6) is 11.5 Å². The summed E-state index contributed by atoms with van der Waals surface area (Å²) < 4.78 is 28.9. The van der Waals surface area contributed by atoms with Gasteiger partial charge >= 0.3 is 0 Å². The Morgan fingerprint density at radius 2 is 2.09 bits per heavy atom. The van der Waals surface area contributed by atoms with Crippen molar-refractivity contribution in [2.75, 3.05) is 24.3 Å². The fourth-order valence-corrected chi connectivity index (χ4v) is 3.45. The molecule has 0 unspecified atom stereocenters. The van der Waals surface area contributed by atoms with Gasteiger partial charge in [-0.15, -0.1) is 0 Å². The average Bonchev–Trinajstić information content (AvgIpc) is 2.45. The van der Waals surface area contributed by atoms with Crippen LogP contribution >= 0.6 is 0 Å². The summed E-state index contributed by atoms with van der Waals surface area (Å²) in [5.74, 6) is 0.820. The molecule has 0 aliphatic carbocycles. The third kappa shape index (κ3) is 2.59. The number of anilines is 2. The van der Waals surface area contributed by atoms with E-state index in [9.17, 15) is 13.5 Å². The number of rotatable bonds is 2. The van der Waals surface area contributed by atoms with Crippen molar-refractivity contribution in [1.29, 1.82) is 0 Å². The molecule has 0 spiro atoms. The first-order valence-electron chi connectivity index (χ1n) is 6.76.